The molecule has 2 aromatic rings. The van der Waals surface area contributed by atoms with Crippen molar-refractivity contribution in [1.29, 1.82) is 0 Å². The van der Waals surface area contributed by atoms with Gasteiger partial charge in [-0.1, -0.05) is 42.5 Å². The molecule has 114 valence electrons. The Balaban J connectivity index is 1.63. The quantitative estimate of drug-likeness (QED) is 0.912. The van der Waals surface area contributed by atoms with E-state index in [0.29, 0.717) is 0 Å². The molecule has 0 bridgehead atoms. The molecule has 1 amide bonds. The predicted molar refractivity (Wildman–Crippen MR) is 89.1 cm³/mol. The first-order valence-electron chi connectivity index (χ1n) is 7.40. The lowest BCUT2D eigenvalue weighted by atomic mass is 10.00. The maximum atomic E-state index is 12.4. The summed E-state index contributed by atoms with van der Waals surface area (Å²) in [6.07, 6.45) is -0.672. The van der Waals surface area contributed by atoms with Gasteiger partial charge in [0.05, 0.1) is 12.0 Å². The Morgan fingerprint density at radius 2 is 2.00 bits per heavy atom. The summed E-state index contributed by atoms with van der Waals surface area (Å²) in [4.78, 5) is 13.6. The molecule has 2 unspecified atom stereocenters. The fourth-order valence-electron chi connectivity index (χ4n) is 2.77. The maximum Gasteiger partial charge on any atom is 0.228 e. The highest BCUT2D eigenvalue weighted by molar-refractivity contribution is 7.99. The van der Waals surface area contributed by atoms with E-state index >= 15 is 0 Å². The molecule has 2 atom stereocenters. The van der Waals surface area contributed by atoms with Gasteiger partial charge in [-0.15, -0.1) is 11.8 Å². The first-order chi connectivity index (χ1) is 10.7. The molecule has 1 heterocycles. The van der Waals surface area contributed by atoms with E-state index in [1.165, 1.54) is 4.90 Å². The molecule has 0 fully saturated rings. The van der Waals surface area contributed by atoms with Crippen LogP contribution in [0.25, 0.3) is 0 Å². The zero-order chi connectivity index (χ0) is 15.5. The van der Waals surface area contributed by atoms with E-state index in [9.17, 15) is 9.90 Å². The van der Waals surface area contributed by atoms with Crippen LogP contribution in [0.2, 0.25) is 0 Å². The summed E-state index contributed by atoms with van der Waals surface area (Å²) >= 11 is 1.71. The number of benzene rings is 2. The van der Waals surface area contributed by atoms with Crippen molar-refractivity contribution in [2.45, 2.75) is 23.8 Å². The van der Waals surface area contributed by atoms with Gasteiger partial charge >= 0.3 is 0 Å². The molecular weight excluding hydrogens is 294 g/mol. The third-order valence-corrected chi connectivity index (χ3v) is 5.22. The van der Waals surface area contributed by atoms with Gasteiger partial charge in [-0.05, 0) is 29.7 Å². The SMILES string of the molecule is Cc1ccccc1C(O)CNC(=O)C1CSc2ccccc21. The lowest BCUT2D eigenvalue weighted by molar-refractivity contribution is -0.122. The molecule has 4 heteroatoms. The Morgan fingerprint density at radius 3 is 2.82 bits per heavy atom. The molecule has 2 aromatic carbocycles. The molecule has 1 aliphatic heterocycles. The highest BCUT2D eigenvalue weighted by atomic mass is 32.2. The van der Waals surface area contributed by atoms with Crippen molar-refractivity contribution in [3.8, 4) is 0 Å². The van der Waals surface area contributed by atoms with Crippen molar-refractivity contribution < 1.29 is 9.90 Å². The fourth-order valence-corrected chi connectivity index (χ4v) is 4.00. The first-order valence-corrected chi connectivity index (χ1v) is 8.38. The Hall–Kier alpha value is -1.78. The zero-order valence-corrected chi connectivity index (χ0v) is 13.3. The van der Waals surface area contributed by atoms with Gasteiger partial charge in [0, 0.05) is 17.2 Å². The van der Waals surface area contributed by atoms with Crippen molar-refractivity contribution in [3.05, 3.63) is 65.2 Å². The van der Waals surface area contributed by atoms with Crippen molar-refractivity contribution in [2.24, 2.45) is 0 Å². The van der Waals surface area contributed by atoms with E-state index in [0.717, 1.165) is 22.4 Å². The van der Waals surface area contributed by atoms with Crippen LogP contribution in [0.1, 0.15) is 28.7 Å². The molecule has 22 heavy (non-hydrogen) atoms. The van der Waals surface area contributed by atoms with Crippen molar-refractivity contribution in [2.75, 3.05) is 12.3 Å². The normalized spacial score (nSPS) is 17.8. The molecule has 3 nitrogen and oxygen atoms in total. The van der Waals surface area contributed by atoms with Crippen LogP contribution in [0.4, 0.5) is 0 Å². The number of rotatable bonds is 4. The minimum Gasteiger partial charge on any atom is -0.387 e. The Bertz CT molecular complexity index is 686. The number of nitrogens with one attached hydrogen (secondary N) is 1. The van der Waals surface area contributed by atoms with Gasteiger partial charge in [-0.3, -0.25) is 4.79 Å². The Morgan fingerprint density at radius 1 is 1.27 bits per heavy atom. The molecule has 0 spiro atoms. The zero-order valence-electron chi connectivity index (χ0n) is 12.5. The molecule has 2 N–H and O–H groups in total. The van der Waals surface area contributed by atoms with Crippen LogP contribution in [-0.4, -0.2) is 23.3 Å². The number of hydrogen-bond donors (Lipinski definition) is 2. The van der Waals surface area contributed by atoms with Crippen LogP contribution >= 0.6 is 11.8 Å². The molecule has 3 rings (SSSR count). The van der Waals surface area contributed by atoms with Crippen LogP contribution < -0.4 is 5.32 Å². The lowest BCUT2D eigenvalue weighted by Gasteiger charge is -2.16. The summed E-state index contributed by atoms with van der Waals surface area (Å²) < 4.78 is 0. The highest BCUT2D eigenvalue weighted by Gasteiger charge is 2.29. The largest absolute Gasteiger partial charge is 0.387 e. The number of amides is 1. The highest BCUT2D eigenvalue weighted by Crippen LogP contribution is 2.39. The standard InChI is InChI=1S/C18H19NO2S/c1-12-6-2-3-7-13(12)16(20)10-19-18(21)15-11-22-17-9-5-4-8-14(15)17/h2-9,15-16,20H,10-11H2,1H3,(H,19,21). The molecule has 0 saturated carbocycles. The molecule has 0 aromatic heterocycles. The second-order valence-electron chi connectivity index (χ2n) is 5.52. The second-order valence-corrected chi connectivity index (χ2v) is 6.58. The van der Waals surface area contributed by atoms with Crippen molar-refractivity contribution in [1.82, 2.24) is 5.32 Å². The summed E-state index contributed by atoms with van der Waals surface area (Å²) in [7, 11) is 0. The molecular formula is C18H19NO2S. The molecule has 0 radical (unpaired) electrons. The third kappa shape index (κ3) is 3.03. The number of thioether (sulfide) groups is 1. The Kier molecular flexibility index (Phi) is 4.50. The number of aryl methyl sites for hydroxylation is 1. The smallest absolute Gasteiger partial charge is 0.228 e. The number of hydrogen-bond acceptors (Lipinski definition) is 3. The minimum absolute atomic E-state index is 0.00918. The van der Waals surface area contributed by atoms with Gasteiger partial charge < -0.3 is 10.4 Å². The minimum atomic E-state index is -0.672. The van der Waals surface area contributed by atoms with Crippen molar-refractivity contribution >= 4 is 17.7 Å². The summed E-state index contributed by atoms with van der Waals surface area (Å²) in [5, 5.41) is 13.2. The molecule has 1 aliphatic rings. The summed E-state index contributed by atoms with van der Waals surface area (Å²) in [5.74, 6) is 0.640. The average molecular weight is 313 g/mol. The van der Waals surface area contributed by atoms with Gasteiger partial charge in [-0.2, -0.15) is 0 Å². The summed E-state index contributed by atoms with van der Waals surface area (Å²) in [5.41, 5.74) is 2.99. The van der Waals surface area contributed by atoms with Gasteiger partial charge in [0.15, 0.2) is 0 Å². The van der Waals surface area contributed by atoms with E-state index in [1.807, 2.05) is 49.4 Å². The van der Waals surface area contributed by atoms with E-state index in [-0.39, 0.29) is 18.4 Å². The number of aliphatic hydroxyl groups is 1. The lowest BCUT2D eigenvalue weighted by Crippen LogP contribution is -2.33. The monoisotopic (exact) mass is 313 g/mol. The number of carbonyl (C=O) groups excluding carboxylic acids is 1. The Labute approximate surface area is 134 Å². The van der Waals surface area contributed by atoms with E-state index in [4.69, 9.17) is 0 Å². The van der Waals surface area contributed by atoms with Gasteiger partial charge in [0.25, 0.3) is 0 Å². The number of aliphatic hydroxyl groups excluding tert-OH is 1. The van der Waals surface area contributed by atoms with E-state index in [2.05, 4.69) is 11.4 Å². The second kappa shape index (κ2) is 6.55. The fraction of sp³-hybridized carbons (Fsp3) is 0.278. The molecule has 0 aliphatic carbocycles. The topological polar surface area (TPSA) is 49.3 Å². The number of fused-ring (bicyclic) bond motifs is 1. The van der Waals surface area contributed by atoms with E-state index < -0.39 is 6.10 Å². The predicted octanol–water partition coefficient (Wildman–Crippen LogP) is 3.03. The summed E-state index contributed by atoms with van der Waals surface area (Å²) in [6, 6.07) is 15.7. The van der Waals surface area contributed by atoms with E-state index in [1.54, 1.807) is 11.8 Å². The summed E-state index contributed by atoms with van der Waals surface area (Å²) in [6.45, 7) is 2.21. The van der Waals surface area contributed by atoms with Gasteiger partial charge in [0.1, 0.15) is 0 Å². The van der Waals surface area contributed by atoms with Gasteiger partial charge in [0.2, 0.25) is 5.91 Å². The van der Waals surface area contributed by atoms with Crippen LogP contribution in [0.5, 0.6) is 0 Å². The van der Waals surface area contributed by atoms with Crippen molar-refractivity contribution in [3.63, 3.8) is 0 Å². The third-order valence-electron chi connectivity index (χ3n) is 4.03. The van der Waals surface area contributed by atoms with Crippen LogP contribution in [0.3, 0.4) is 0 Å². The maximum absolute atomic E-state index is 12.4. The van der Waals surface area contributed by atoms with Crippen LogP contribution in [0, 0.1) is 6.92 Å². The number of carbonyl (C=O) groups is 1. The van der Waals surface area contributed by atoms with Crippen LogP contribution in [0.15, 0.2) is 53.4 Å². The first kappa shape index (κ1) is 15.1. The van der Waals surface area contributed by atoms with Gasteiger partial charge in [-0.25, -0.2) is 0 Å². The average Bonchev–Trinajstić information content (AvgIpc) is 2.97. The molecule has 0 saturated heterocycles. The van der Waals surface area contributed by atoms with Crippen LogP contribution in [-0.2, 0) is 4.79 Å².